The third-order valence-electron chi connectivity index (χ3n) is 5.08. The van der Waals surface area contributed by atoms with Crippen molar-refractivity contribution >= 4 is 11.8 Å². The second-order valence-electron chi connectivity index (χ2n) is 7.08. The molecule has 2 aromatic rings. The molecule has 0 radical (unpaired) electrons. The van der Waals surface area contributed by atoms with Crippen molar-refractivity contribution in [2.75, 3.05) is 14.2 Å². The fourth-order valence-electron chi connectivity index (χ4n) is 3.44. The molecule has 0 saturated heterocycles. The third-order valence-corrected chi connectivity index (χ3v) is 5.08. The van der Waals surface area contributed by atoms with Crippen LogP contribution in [-0.2, 0) is 4.79 Å². The molecule has 1 atom stereocenters. The molecule has 2 N–H and O–H groups in total. The molecule has 3 rings (SSSR count). The van der Waals surface area contributed by atoms with Crippen LogP contribution < -0.4 is 20.1 Å². The van der Waals surface area contributed by atoms with Crippen molar-refractivity contribution in [3.8, 4) is 11.5 Å². The summed E-state index contributed by atoms with van der Waals surface area (Å²) in [4.78, 5) is 25.0. The lowest BCUT2D eigenvalue weighted by atomic mass is 10.0. The van der Waals surface area contributed by atoms with Gasteiger partial charge in [-0.15, -0.1) is 0 Å². The molecule has 0 spiro atoms. The molecular formula is C22H24F2N2O4. The second-order valence-corrected chi connectivity index (χ2v) is 7.08. The van der Waals surface area contributed by atoms with E-state index in [2.05, 4.69) is 10.6 Å². The topological polar surface area (TPSA) is 76.7 Å². The lowest BCUT2D eigenvalue weighted by molar-refractivity contribution is -0.122. The molecule has 0 heterocycles. The molecule has 8 heteroatoms. The predicted molar refractivity (Wildman–Crippen MR) is 107 cm³/mol. The maximum atomic E-state index is 13.6. The zero-order chi connectivity index (χ0) is 21.7. The lowest BCUT2D eigenvalue weighted by Gasteiger charge is -2.19. The van der Waals surface area contributed by atoms with E-state index in [0.29, 0.717) is 11.5 Å². The molecule has 6 nitrogen and oxygen atoms in total. The molecule has 1 aliphatic rings. The van der Waals surface area contributed by atoms with E-state index in [0.717, 1.165) is 37.8 Å². The highest BCUT2D eigenvalue weighted by molar-refractivity contribution is 5.98. The van der Waals surface area contributed by atoms with Gasteiger partial charge >= 0.3 is 0 Å². The zero-order valence-corrected chi connectivity index (χ0v) is 16.8. The van der Waals surface area contributed by atoms with Crippen LogP contribution in [0, 0.1) is 11.6 Å². The van der Waals surface area contributed by atoms with Crippen LogP contribution >= 0.6 is 0 Å². The fraction of sp³-hybridized carbons (Fsp3) is 0.364. The molecule has 0 aliphatic heterocycles. The predicted octanol–water partition coefficient (Wildman–Crippen LogP) is 3.51. The van der Waals surface area contributed by atoms with Gasteiger partial charge in [-0.3, -0.25) is 9.59 Å². The average Bonchev–Trinajstić information content (AvgIpc) is 3.26. The number of amides is 2. The quantitative estimate of drug-likeness (QED) is 0.722. The molecule has 30 heavy (non-hydrogen) atoms. The fourth-order valence-corrected chi connectivity index (χ4v) is 3.44. The zero-order valence-electron chi connectivity index (χ0n) is 16.8. The van der Waals surface area contributed by atoms with Crippen molar-refractivity contribution in [2.24, 2.45) is 0 Å². The van der Waals surface area contributed by atoms with Crippen LogP contribution in [0.5, 0.6) is 11.5 Å². The summed E-state index contributed by atoms with van der Waals surface area (Å²) in [5.41, 5.74) is 0.358. The summed E-state index contributed by atoms with van der Waals surface area (Å²) in [5.74, 6) is -2.33. The van der Waals surface area contributed by atoms with Crippen LogP contribution in [0.2, 0.25) is 0 Å². The Balaban J connectivity index is 1.80. The molecule has 1 aliphatic carbocycles. The first-order valence-corrected chi connectivity index (χ1v) is 9.75. The summed E-state index contributed by atoms with van der Waals surface area (Å²) < 4.78 is 38.2. The van der Waals surface area contributed by atoms with Gasteiger partial charge in [-0.05, 0) is 61.6 Å². The summed E-state index contributed by atoms with van der Waals surface area (Å²) >= 11 is 0. The number of nitrogens with one attached hydrogen (secondary N) is 2. The Hall–Kier alpha value is -3.16. The summed E-state index contributed by atoms with van der Waals surface area (Å²) in [7, 11) is 2.87. The SMILES string of the molecule is CNC(=O)C(NC(=O)c1ccc(OC2CCCC2)c(OC)c1)c1ccc(F)c(F)c1. The molecule has 0 aromatic heterocycles. The Bertz CT molecular complexity index is 929. The molecule has 0 bridgehead atoms. The minimum Gasteiger partial charge on any atom is -0.493 e. The highest BCUT2D eigenvalue weighted by Crippen LogP contribution is 2.32. The standard InChI is InChI=1S/C22H24F2N2O4/c1-25-22(28)20(13-7-9-16(23)17(24)11-13)26-21(27)14-8-10-18(19(12-14)29-2)30-15-5-3-4-6-15/h7-12,15,20H,3-6H2,1-2H3,(H,25,28)(H,26,27). The lowest BCUT2D eigenvalue weighted by Crippen LogP contribution is -2.39. The number of rotatable bonds is 7. The van der Waals surface area contributed by atoms with Gasteiger partial charge in [-0.25, -0.2) is 8.78 Å². The van der Waals surface area contributed by atoms with E-state index >= 15 is 0 Å². The van der Waals surface area contributed by atoms with Crippen LogP contribution in [-0.4, -0.2) is 32.1 Å². The first kappa shape index (κ1) is 21.5. The number of hydrogen-bond donors (Lipinski definition) is 2. The van der Waals surface area contributed by atoms with E-state index in [1.54, 1.807) is 12.1 Å². The Morgan fingerprint density at radius 3 is 2.40 bits per heavy atom. The van der Waals surface area contributed by atoms with Gasteiger partial charge in [-0.2, -0.15) is 0 Å². The second kappa shape index (κ2) is 9.56. The van der Waals surface area contributed by atoms with Crippen molar-refractivity contribution in [1.29, 1.82) is 0 Å². The number of halogens is 2. The van der Waals surface area contributed by atoms with Crippen molar-refractivity contribution < 1.29 is 27.8 Å². The Morgan fingerprint density at radius 2 is 1.77 bits per heavy atom. The summed E-state index contributed by atoms with van der Waals surface area (Å²) in [6.45, 7) is 0. The van der Waals surface area contributed by atoms with Gasteiger partial charge in [0, 0.05) is 12.6 Å². The number of benzene rings is 2. The van der Waals surface area contributed by atoms with E-state index in [1.807, 2.05) is 0 Å². The van der Waals surface area contributed by atoms with Crippen molar-refractivity contribution in [3.63, 3.8) is 0 Å². The molecular weight excluding hydrogens is 394 g/mol. The number of ether oxygens (including phenoxy) is 2. The Kier molecular flexibility index (Phi) is 6.87. The minimum absolute atomic E-state index is 0.120. The third kappa shape index (κ3) is 4.87. The van der Waals surface area contributed by atoms with E-state index in [-0.39, 0.29) is 17.2 Å². The molecule has 1 unspecified atom stereocenters. The monoisotopic (exact) mass is 418 g/mol. The minimum atomic E-state index is -1.20. The molecule has 2 amide bonds. The number of hydrogen-bond acceptors (Lipinski definition) is 4. The molecule has 1 saturated carbocycles. The van der Waals surface area contributed by atoms with Crippen LogP contribution in [0.1, 0.15) is 47.6 Å². The molecule has 2 aromatic carbocycles. The van der Waals surface area contributed by atoms with Gasteiger partial charge in [-0.1, -0.05) is 6.07 Å². The molecule has 160 valence electrons. The normalized spacial score (nSPS) is 14.8. The van der Waals surface area contributed by atoms with Crippen molar-refractivity contribution in [2.45, 2.75) is 37.8 Å². The van der Waals surface area contributed by atoms with Crippen molar-refractivity contribution in [1.82, 2.24) is 10.6 Å². The smallest absolute Gasteiger partial charge is 0.252 e. The maximum Gasteiger partial charge on any atom is 0.252 e. The Morgan fingerprint density at radius 1 is 1.03 bits per heavy atom. The van der Waals surface area contributed by atoms with Gasteiger partial charge in [0.25, 0.3) is 5.91 Å². The summed E-state index contributed by atoms with van der Waals surface area (Å²) in [6.07, 6.45) is 4.34. The van der Waals surface area contributed by atoms with E-state index in [1.165, 1.54) is 26.3 Å². The number of carbonyl (C=O) groups is 2. The first-order chi connectivity index (χ1) is 14.4. The number of methoxy groups -OCH3 is 1. The highest BCUT2D eigenvalue weighted by atomic mass is 19.2. The number of likely N-dealkylation sites (N-methyl/N-ethyl adjacent to an activating group) is 1. The van der Waals surface area contributed by atoms with Gasteiger partial charge < -0.3 is 20.1 Å². The number of carbonyl (C=O) groups excluding carboxylic acids is 2. The van der Waals surface area contributed by atoms with Gasteiger partial charge in [0.1, 0.15) is 6.04 Å². The maximum absolute atomic E-state index is 13.6. The summed E-state index contributed by atoms with van der Waals surface area (Å²) in [6, 6.07) is 6.58. The van der Waals surface area contributed by atoms with Gasteiger partial charge in [0.2, 0.25) is 5.91 Å². The van der Waals surface area contributed by atoms with Crippen LogP contribution in [0.25, 0.3) is 0 Å². The Labute approximate surface area is 173 Å². The van der Waals surface area contributed by atoms with Gasteiger partial charge in [0.15, 0.2) is 23.1 Å². The van der Waals surface area contributed by atoms with Crippen LogP contribution in [0.15, 0.2) is 36.4 Å². The van der Waals surface area contributed by atoms with Crippen molar-refractivity contribution in [3.05, 3.63) is 59.2 Å². The van der Waals surface area contributed by atoms with Crippen LogP contribution in [0.4, 0.5) is 8.78 Å². The summed E-state index contributed by atoms with van der Waals surface area (Å²) in [5, 5.41) is 4.97. The largest absolute Gasteiger partial charge is 0.493 e. The van der Waals surface area contributed by atoms with Gasteiger partial charge in [0.05, 0.1) is 13.2 Å². The first-order valence-electron chi connectivity index (χ1n) is 9.75. The van der Waals surface area contributed by atoms with E-state index < -0.39 is 29.5 Å². The van der Waals surface area contributed by atoms with E-state index in [4.69, 9.17) is 9.47 Å². The molecule has 1 fully saturated rings. The highest BCUT2D eigenvalue weighted by Gasteiger charge is 2.25. The van der Waals surface area contributed by atoms with E-state index in [9.17, 15) is 18.4 Å². The van der Waals surface area contributed by atoms with Crippen LogP contribution in [0.3, 0.4) is 0 Å². The average molecular weight is 418 g/mol.